The smallest absolute Gasteiger partial charge is 0.323 e. The zero-order valence-electron chi connectivity index (χ0n) is 14.9. The number of carbonyl (C=O) groups is 2. The van der Waals surface area contributed by atoms with Gasteiger partial charge in [-0.05, 0) is 36.8 Å². The monoisotopic (exact) mass is 376 g/mol. The first-order valence-corrected chi connectivity index (χ1v) is 8.23. The standard InChI is InChI=1S/C19H24N4O2.ClH/c1-13(12-20)18(24)21-14(2)15-8-10-17(11-9-15)23-19(25)22-16-6-4-3-5-7-16;/h3-11,13-14H,12,20H2,1-2H3,(H,21,24)(H2,22,23,25);1H. The molecule has 0 aliphatic heterocycles. The molecule has 0 bridgehead atoms. The SMILES string of the molecule is CC(CN)C(=O)NC(C)c1ccc(NC(=O)Nc2ccccc2)cc1.Cl. The number of nitrogens with one attached hydrogen (secondary N) is 3. The molecule has 3 amide bonds. The van der Waals surface area contributed by atoms with Gasteiger partial charge in [0.05, 0.1) is 6.04 Å². The van der Waals surface area contributed by atoms with Crippen molar-refractivity contribution in [2.24, 2.45) is 11.7 Å². The largest absolute Gasteiger partial charge is 0.349 e. The van der Waals surface area contributed by atoms with E-state index < -0.39 is 0 Å². The summed E-state index contributed by atoms with van der Waals surface area (Å²) in [6.07, 6.45) is 0. The summed E-state index contributed by atoms with van der Waals surface area (Å²) in [5, 5.41) is 8.45. The summed E-state index contributed by atoms with van der Waals surface area (Å²) in [5.41, 5.74) is 7.85. The Bertz CT molecular complexity index is 707. The molecule has 2 rings (SSSR count). The maximum Gasteiger partial charge on any atom is 0.323 e. The van der Waals surface area contributed by atoms with Gasteiger partial charge in [0, 0.05) is 23.8 Å². The number of urea groups is 1. The van der Waals surface area contributed by atoms with E-state index >= 15 is 0 Å². The minimum absolute atomic E-state index is 0. The van der Waals surface area contributed by atoms with Gasteiger partial charge in [-0.25, -0.2) is 4.79 Å². The maximum atomic E-state index is 12.0. The highest BCUT2D eigenvalue weighted by Gasteiger charge is 2.14. The van der Waals surface area contributed by atoms with Gasteiger partial charge in [-0.15, -0.1) is 12.4 Å². The van der Waals surface area contributed by atoms with E-state index in [4.69, 9.17) is 5.73 Å². The number of halogens is 1. The fraction of sp³-hybridized carbons (Fsp3) is 0.263. The number of hydrogen-bond acceptors (Lipinski definition) is 3. The van der Waals surface area contributed by atoms with Crippen LogP contribution in [0.2, 0.25) is 0 Å². The fourth-order valence-corrected chi connectivity index (χ4v) is 2.22. The zero-order valence-corrected chi connectivity index (χ0v) is 15.7. The van der Waals surface area contributed by atoms with Crippen LogP contribution in [-0.2, 0) is 4.79 Å². The van der Waals surface area contributed by atoms with Crippen LogP contribution in [0.5, 0.6) is 0 Å². The first-order chi connectivity index (χ1) is 12.0. The predicted octanol–water partition coefficient (Wildman–Crippen LogP) is 3.52. The minimum atomic E-state index is -0.308. The number of anilines is 2. The third-order valence-electron chi connectivity index (χ3n) is 3.86. The molecule has 2 unspecified atom stereocenters. The molecule has 2 aromatic rings. The van der Waals surface area contributed by atoms with Crippen molar-refractivity contribution in [3.8, 4) is 0 Å². The molecule has 26 heavy (non-hydrogen) atoms. The summed E-state index contributed by atoms with van der Waals surface area (Å²) in [5.74, 6) is -0.287. The van der Waals surface area contributed by atoms with Gasteiger partial charge in [0.2, 0.25) is 5.91 Å². The number of nitrogens with two attached hydrogens (primary N) is 1. The lowest BCUT2D eigenvalue weighted by Crippen LogP contribution is -2.34. The number of benzene rings is 2. The maximum absolute atomic E-state index is 12.0. The highest BCUT2D eigenvalue weighted by atomic mass is 35.5. The van der Waals surface area contributed by atoms with Gasteiger partial charge < -0.3 is 21.7 Å². The second-order valence-corrected chi connectivity index (χ2v) is 5.93. The van der Waals surface area contributed by atoms with Gasteiger partial charge in [-0.2, -0.15) is 0 Å². The minimum Gasteiger partial charge on any atom is -0.349 e. The predicted molar refractivity (Wildman–Crippen MR) is 108 cm³/mol. The van der Waals surface area contributed by atoms with Crippen molar-refractivity contribution in [3.05, 3.63) is 60.2 Å². The molecule has 5 N–H and O–H groups in total. The Morgan fingerprint density at radius 3 is 2.00 bits per heavy atom. The van der Waals surface area contributed by atoms with Crippen LogP contribution in [0.25, 0.3) is 0 Å². The highest BCUT2D eigenvalue weighted by Crippen LogP contribution is 2.17. The number of rotatable bonds is 6. The Labute approximate surface area is 160 Å². The average Bonchev–Trinajstić information content (AvgIpc) is 2.62. The van der Waals surface area contributed by atoms with E-state index in [0.29, 0.717) is 12.2 Å². The van der Waals surface area contributed by atoms with Crippen LogP contribution in [0.3, 0.4) is 0 Å². The van der Waals surface area contributed by atoms with Gasteiger partial charge in [0.25, 0.3) is 0 Å². The van der Waals surface area contributed by atoms with Crippen LogP contribution in [0.4, 0.5) is 16.2 Å². The summed E-state index contributed by atoms with van der Waals surface area (Å²) in [4.78, 5) is 23.9. The molecule has 0 saturated heterocycles. The van der Waals surface area contributed by atoms with Crippen molar-refractivity contribution >= 4 is 35.7 Å². The summed E-state index contributed by atoms with van der Waals surface area (Å²) in [6.45, 7) is 4.02. The quantitative estimate of drug-likeness (QED) is 0.621. The number of hydrogen-bond donors (Lipinski definition) is 4. The molecule has 0 aromatic heterocycles. The second-order valence-electron chi connectivity index (χ2n) is 5.93. The molecule has 2 aromatic carbocycles. The third-order valence-corrected chi connectivity index (χ3v) is 3.86. The average molecular weight is 377 g/mol. The van der Waals surface area contributed by atoms with Gasteiger partial charge >= 0.3 is 6.03 Å². The van der Waals surface area contributed by atoms with Crippen molar-refractivity contribution < 1.29 is 9.59 Å². The van der Waals surface area contributed by atoms with Crippen LogP contribution in [-0.4, -0.2) is 18.5 Å². The van der Waals surface area contributed by atoms with Crippen molar-refractivity contribution in [1.82, 2.24) is 5.32 Å². The Hall–Kier alpha value is -2.57. The van der Waals surface area contributed by atoms with E-state index in [9.17, 15) is 9.59 Å². The van der Waals surface area contributed by atoms with Gasteiger partial charge in [0.15, 0.2) is 0 Å². The molecule has 2 atom stereocenters. The molecule has 0 heterocycles. The molecular formula is C19H25ClN4O2. The fourth-order valence-electron chi connectivity index (χ4n) is 2.22. The molecule has 0 fully saturated rings. The molecular weight excluding hydrogens is 352 g/mol. The van der Waals surface area contributed by atoms with Gasteiger partial charge in [0.1, 0.15) is 0 Å². The molecule has 140 valence electrons. The van der Waals surface area contributed by atoms with E-state index in [1.54, 1.807) is 19.1 Å². The van der Waals surface area contributed by atoms with Crippen LogP contribution in [0, 0.1) is 5.92 Å². The van der Waals surface area contributed by atoms with Crippen LogP contribution in [0.1, 0.15) is 25.5 Å². The van der Waals surface area contributed by atoms with Gasteiger partial charge in [-0.3, -0.25) is 4.79 Å². The van der Waals surface area contributed by atoms with E-state index in [1.165, 1.54) is 0 Å². The summed E-state index contributed by atoms with van der Waals surface area (Å²) >= 11 is 0. The molecule has 7 heteroatoms. The molecule has 0 spiro atoms. The van der Waals surface area contributed by atoms with Crippen LogP contribution < -0.4 is 21.7 Å². The van der Waals surface area contributed by atoms with Crippen molar-refractivity contribution in [2.45, 2.75) is 19.9 Å². The Morgan fingerprint density at radius 1 is 0.923 bits per heavy atom. The Morgan fingerprint density at radius 2 is 1.46 bits per heavy atom. The lowest BCUT2D eigenvalue weighted by Gasteiger charge is -2.17. The first-order valence-electron chi connectivity index (χ1n) is 8.23. The summed E-state index contributed by atoms with van der Waals surface area (Å²) in [6, 6.07) is 16.1. The normalized spacial score (nSPS) is 12.3. The summed E-state index contributed by atoms with van der Waals surface area (Å²) in [7, 11) is 0. The molecule has 0 radical (unpaired) electrons. The Kier molecular flexibility index (Phi) is 8.61. The van der Waals surface area contributed by atoms with E-state index in [-0.39, 0.29) is 36.3 Å². The topological polar surface area (TPSA) is 96.2 Å². The van der Waals surface area contributed by atoms with Crippen LogP contribution in [0.15, 0.2) is 54.6 Å². The molecule has 0 aliphatic rings. The number of amides is 3. The zero-order chi connectivity index (χ0) is 18.2. The lowest BCUT2D eigenvalue weighted by molar-refractivity contribution is -0.124. The number of para-hydroxylation sites is 1. The van der Waals surface area contributed by atoms with E-state index in [2.05, 4.69) is 16.0 Å². The lowest BCUT2D eigenvalue weighted by atomic mass is 10.1. The summed E-state index contributed by atoms with van der Waals surface area (Å²) < 4.78 is 0. The van der Waals surface area contributed by atoms with Gasteiger partial charge in [-0.1, -0.05) is 37.3 Å². The van der Waals surface area contributed by atoms with Crippen molar-refractivity contribution in [3.63, 3.8) is 0 Å². The van der Waals surface area contributed by atoms with Crippen molar-refractivity contribution in [1.29, 1.82) is 0 Å². The highest BCUT2D eigenvalue weighted by molar-refractivity contribution is 5.99. The molecule has 0 aliphatic carbocycles. The number of carbonyl (C=O) groups excluding carboxylic acids is 2. The third kappa shape index (κ3) is 6.38. The van der Waals surface area contributed by atoms with E-state index in [0.717, 1.165) is 11.3 Å². The van der Waals surface area contributed by atoms with E-state index in [1.807, 2.05) is 49.4 Å². The van der Waals surface area contributed by atoms with Crippen molar-refractivity contribution in [2.75, 3.05) is 17.2 Å². The van der Waals surface area contributed by atoms with Crippen LogP contribution >= 0.6 is 12.4 Å². The Balaban J connectivity index is 0.00000338. The second kappa shape index (κ2) is 10.4. The molecule has 6 nitrogen and oxygen atoms in total. The first kappa shape index (κ1) is 21.5. The molecule has 0 saturated carbocycles.